The van der Waals surface area contributed by atoms with Crippen LogP contribution >= 0.6 is 11.3 Å². The molecule has 0 bridgehead atoms. The molecule has 0 atom stereocenters. The maximum absolute atomic E-state index is 13.1. The first-order valence-electron chi connectivity index (χ1n) is 6.79. The number of hydrogen-bond acceptors (Lipinski definition) is 4. The maximum atomic E-state index is 13.1. The number of hydrogen-bond donors (Lipinski definition) is 1. The summed E-state index contributed by atoms with van der Waals surface area (Å²) in [5.41, 5.74) is 6.08. The predicted molar refractivity (Wildman–Crippen MR) is 73.0 cm³/mol. The molecule has 2 heterocycles. The van der Waals surface area contributed by atoms with E-state index in [2.05, 4.69) is 9.88 Å². The van der Waals surface area contributed by atoms with Gasteiger partial charge in [0.1, 0.15) is 0 Å². The standard InChI is InChI=1S/C13H19F2N3S/c1-9-10(12(16)7-13(14,15)8-12)19-11(17-9)18-5-3-2-4-6-18/h2-8,16H2,1H3. The van der Waals surface area contributed by atoms with Crippen molar-refractivity contribution in [2.75, 3.05) is 18.0 Å². The number of alkyl halides is 2. The molecule has 2 aliphatic rings. The fourth-order valence-corrected chi connectivity index (χ4v) is 4.31. The summed E-state index contributed by atoms with van der Waals surface area (Å²) in [7, 11) is 0. The Morgan fingerprint density at radius 1 is 1.21 bits per heavy atom. The topological polar surface area (TPSA) is 42.2 Å². The number of piperidine rings is 1. The molecule has 1 aromatic heterocycles. The Morgan fingerprint density at radius 3 is 2.42 bits per heavy atom. The van der Waals surface area contributed by atoms with Gasteiger partial charge in [-0.1, -0.05) is 11.3 Å². The Hall–Kier alpha value is -0.750. The second-order valence-corrected chi connectivity index (χ2v) is 6.80. The Bertz CT molecular complexity index is 472. The largest absolute Gasteiger partial charge is 0.348 e. The van der Waals surface area contributed by atoms with Crippen LogP contribution in [0.3, 0.4) is 0 Å². The summed E-state index contributed by atoms with van der Waals surface area (Å²) in [6.45, 7) is 3.91. The highest BCUT2D eigenvalue weighted by Crippen LogP contribution is 2.52. The third-order valence-corrected chi connectivity index (χ3v) is 5.45. The van der Waals surface area contributed by atoms with Gasteiger partial charge in [-0.05, 0) is 26.2 Å². The number of nitrogens with zero attached hydrogens (tertiary/aromatic N) is 2. The number of aryl methyl sites for hydroxylation is 1. The first-order valence-corrected chi connectivity index (χ1v) is 7.61. The van der Waals surface area contributed by atoms with Crippen LogP contribution in [0.2, 0.25) is 0 Å². The molecule has 0 radical (unpaired) electrons. The molecule has 0 spiro atoms. The van der Waals surface area contributed by atoms with E-state index in [4.69, 9.17) is 5.73 Å². The van der Waals surface area contributed by atoms with E-state index in [9.17, 15) is 8.78 Å². The monoisotopic (exact) mass is 287 g/mol. The molecule has 2 N–H and O–H groups in total. The predicted octanol–water partition coefficient (Wildman–Crippen LogP) is 3.02. The second-order valence-electron chi connectivity index (χ2n) is 5.82. The molecule has 3 nitrogen and oxygen atoms in total. The van der Waals surface area contributed by atoms with Crippen LogP contribution in [-0.4, -0.2) is 24.0 Å². The van der Waals surface area contributed by atoms with E-state index in [1.54, 1.807) is 0 Å². The molecule has 3 rings (SSSR count). The van der Waals surface area contributed by atoms with Crippen molar-refractivity contribution >= 4 is 16.5 Å². The summed E-state index contributed by atoms with van der Waals surface area (Å²) in [5, 5.41) is 0.951. The lowest BCUT2D eigenvalue weighted by atomic mass is 9.73. The lowest BCUT2D eigenvalue weighted by molar-refractivity contribution is -0.124. The molecule has 0 amide bonds. The highest BCUT2D eigenvalue weighted by molar-refractivity contribution is 7.15. The van der Waals surface area contributed by atoms with E-state index < -0.39 is 11.5 Å². The lowest BCUT2D eigenvalue weighted by Crippen LogP contribution is -2.55. The zero-order chi connectivity index (χ0) is 13.7. The number of halogens is 2. The average Bonchev–Trinajstić information content (AvgIpc) is 2.70. The molecule has 1 saturated heterocycles. The van der Waals surface area contributed by atoms with E-state index in [0.29, 0.717) is 0 Å². The van der Waals surface area contributed by atoms with Gasteiger partial charge in [0.2, 0.25) is 0 Å². The van der Waals surface area contributed by atoms with Crippen LogP contribution in [0, 0.1) is 6.92 Å². The van der Waals surface area contributed by atoms with Crippen molar-refractivity contribution in [2.45, 2.75) is 50.5 Å². The summed E-state index contributed by atoms with van der Waals surface area (Å²) >= 11 is 1.51. The smallest absolute Gasteiger partial charge is 0.252 e. The first kappa shape index (κ1) is 13.2. The van der Waals surface area contributed by atoms with Crippen molar-refractivity contribution in [1.82, 2.24) is 4.98 Å². The number of aromatic nitrogens is 1. The lowest BCUT2D eigenvalue weighted by Gasteiger charge is -2.44. The molecule has 0 aromatic carbocycles. The molecule has 19 heavy (non-hydrogen) atoms. The van der Waals surface area contributed by atoms with Gasteiger partial charge in [0.05, 0.1) is 11.2 Å². The molecule has 1 saturated carbocycles. The van der Waals surface area contributed by atoms with Crippen molar-refractivity contribution in [3.05, 3.63) is 10.6 Å². The number of rotatable bonds is 2. The third-order valence-electron chi connectivity index (χ3n) is 4.01. The molecule has 106 valence electrons. The highest BCUT2D eigenvalue weighted by atomic mass is 32.1. The Morgan fingerprint density at radius 2 is 1.84 bits per heavy atom. The van der Waals surface area contributed by atoms with E-state index in [-0.39, 0.29) is 12.8 Å². The molecule has 1 aromatic rings. The van der Waals surface area contributed by atoms with Gasteiger partial charge in [-0.25, -0.2) is 13.8 Å². The highest BCUT2D eigenvalue weighted by Gasteiger charge is 2.56. The molecule has 0 unspecified atom stereocenters. The van der Waals surface area contributed by atoms with Gasteiger partial charge >= 0.3 is 0 Å². The summed E-state index contributed by atoms with van der Waals surface area (Å²) in [4.78, 5) is 7.65. The van der Waals surface area contributed by atoms with Gasteiger partial charge in [-0.2, -0.15) is 0 Å². The minimum absolute atomic E-state index is 0.248. The van der Waals surface area contributed by atoms with E-state index in [1.165, 1.54) is 30.6 Å². The van der Waals surface area contributed by atoms with Gasteiger partial charge in [0.15, 0.2) is 5.13 Å². The van der Waals surface area contributed by atoms with Gasteiger partial charge in [-0.15, -0.1) is 0 Å². The zero-order valence-electron chi connectivity index (χ0n) is 11.1. The van der Waals surface area contributed by atoms with Crippen LogP contribution in [0.1, 0.15) is 42.7 Å². The summed E-state index contributed by atoms with van der Waals surface area (Å²) < 4.78 is 26.2. The third kappa shape index (κ3) is 2.36. The quantitative estimate of drug-likeness (QED) is 0.909. The second kappa shape index (κ2) is 4.38. The van der Waals surface area contributed by atoms with Crippen molar-refractivity contribution in [1.29, 1.82) is 0 Å². The summed E-state index contributed by atoms with van der Waals surface area (Å²) in [6, 6.07) is 0. The minimum atomic E-state index is -2.60. The van der Waals surface area contributed by atoms with Gasteiger partial charge in [0.25, 0.3) is 5.92 Å². The van der Waals surface area contributed by atoms with E-state index >= 15 is 0 Å². The number of nitrogens with two attached hydrogens (primary N) is 1. The average molecular weight is 287 g/mol. The van der Waals surface area contributed by atoms with Crippen molar-refractivity contribution < 1.29 is 8.78 Å². The van der Waals surface area contributed by atoms with Crippen LogP contribution in [0.25, 0.3) is 0 Å². The number of anilines is 1. The van der Waals surface area contributed by atoms with Crippen molar-refractivity contribution in [2.24, 2.45) is 5.73 Å². The fourth-order valence-electron chi connectivity index (χ4n) is 3.10. The minimum Gasteiger partial charge on any atom is -0.348 e. The SMILES string of the molecule is Cc1nc(N2CCCCC2)sc1C1(N)CC(F)(F)C1. The molecule has 6 heteroatoms. The van der Waals surface area contributed by atoms with Gasteiger partial charge < -0.3 is 10.6 Å². The summed E-state index contributed by atoms with van der Waals surface area (Å²) in [5.74, 6) is -2.60. The Balaban J connectivity index is 1.82. The maximum Gasteiger partial charge on any atom is 0.252 e. The fraction of sp³-hybridized carbons (Fsp3) is 0.769. The van der Waals surface area contributed by atoms with Crippen LogP contribution in [0.5, 0.6) is 0 Å². The molecular weight excluding hydrogens is 268 g/mol. The van der Waals surface area contributed by atoms with Crippen LogP contribution in [-0.2, 0) is 5.54 Å². The molecule has 1 aliphatic heterocycles. The molecular formula is C13H19F2N3S. The Kier molecular flexibility index (Phi) is 3.05. The summed E-state index contributed by atoms with van der Waals surface area (Å²) in [6.07, 6.45) is 3.13. The normalized spacial score (nSPS) is 25.2. The molecule has 2 fully saturated rings. The van der Waals surface area contributed by atoms with Crippen LogP contribution in [0.15, 0.2) is 0 Å². The van der Waals surface area contributed by atoms with Crippen LogP contribution < -0.4 is 10.6 Å². The van der Waals surface area contributed by atoms with Crippen molar-refractivity contribution in [3.63, 3.8) is 0 Å². The zero-order valence-corrected chi connectivity index (χ0v) is 11.9. The Labute approximate surface area is 115 Å². The molecule has 1 aliphatic carbocycles. The van der Waals surface area contributed by atoms with Crippen molar-refractivity contribution in [3.8, 4) is 0 Å². The van der Waals surface area contributed by atoms with Crippen LogP contribution in [0.4, 0.5) is 13.9 Å². The van der Waals surface area contributed by atoms with Gasteiger partial charge in [0, 0.05) is 30.8 Å². The first-order chi connectivity index (χ1) is 8.90. The number of thiazole rings is 1. The van der Waals surface area contributed by atoms with E-state index in [0.717, 1.165) is 28.8 Å². The van der Waals surface area contributed by atoms with E-state index in [1.807, 2.05) is 6.92 Å². The van der Waals surface area contributed by atoms with Gasteiger partial charge in [-0.3, -0.25) is 0 Å².